The molecule has 0 spiro atoms. The van der Waals surface area contributed by atoms with Crippen molar-refractivity contribution in [3.8, 4) is 5.75 Å². The molecule has 0 aliphatic heterocycles. The maximum atomic E-state index is 10.8. The fraction of sp³-hybridized carbons (Fsp3) is 0. The van der Waals surface area contributed by atoms with Crippen molar-refractivity contribution in [1.82, 2.24) is 0 Å². The average Bonchev–Trinajstić information content (AvgIpc) is 2.02. The Bertz CT molecular complexity index is 424. The van der Waals surface area contributed by atoms with Gasteiger partial charge in [-0.05, 0) is 0 Å². The first kappa shape index (κ1) is 10.8. The molecule has 1 aromatic rings. The number of aromatic hydroxyl groups is 1. The van der Waals surface area contributed by atoms with Gasteiger partial charge in [0.1, 0.15) is 0 Å². The van der Waals surface area contributed by atoms with Gasteiger partial charge in [-0.15, -0.1) is 0 Å². The van der Waals surface area contributed by atoms with Gasteiger partial charge in [0.25, 0.3) is 0 Å². The number of nitro benzene ring substituents is 1. The molecule has 0 unspecified atom stereocenters. The van der Waals surface area contributed by atoms with Gasteiger partial charge in [-0.3, -0.25) is 0 Å². The summed E-state index contributed by atoms with van der Waals surface area (Å²) in [5.74, 6) is -0.636. The third-order valence-electron chi connectivity index (χ3n) is 1.48. The van der Waals surface area contributed by atoms with E-state index in [1.54, 1.807) is 0 Å². The Morgan fingerprint density at radius 2 is 1.93 bits per heavy atom. The van der Waals surface area contributed by atoms with E-state index in [0.717, 1.165) is 12.1 Å². The van der Waals surface area contributed by atoms with E-state index in [9.17, 15) is 13.9 Å². The molecule has 0 amide bonds. The molecule has 76 valence electrons. The second-order valence-electron chi connectivity index (χ2n) is 2.47. The first-order chi connectivity index (χ1) is 6.32. The number of non-ortho nitro benzene ring substituents is 1. The predicted molar refractivity (Wildman–Crippen MR) is 45.3 cm³/mol. The van der Waals surface area contributed by atoms with Crippen molar-refractivity contribution < 1.29 is 22.0 Å². The average molecular weight is 263 g/mol. The molecular formula is C6H6AsNO6. The molecular weight excluding hydrogens is 257 g/mol. The Labute approximate surface area is 80.8 Å². The zero-order chi connectivity index (χ0) is 10.9. The van der Waals surface area contributed by atoms with Crippen LogP contribution in [0.3, 0.4) is 0 Å². The van der Waals surface area contributed by atoms with E-state index >= 15 is 0 Å². The van der Waals surface area contributed by atoms with Gasteiger partial charge in [0.15, 0.2) is 0 Å². The number of rotatable bonds is 2. The molecule has 3 N–H and O–H groups in total. The Kier molecular flexibility index (Phi) is 2.66. The van der Waals surface area contributed by atoms with E-state index < -0.39 is 34.9 Å². The SMILES string of the molecule is O=[N+]([O-])c1ccc(O)c([As](=O)(O)O)c1. The van der Waals surface area contributed by atoms with Gasteiger partial charge in [0.05, 0.1) is 0 Å². The summed E-state index contributed by atoms with van der Waals surface area (Å²) in [5, 5.41) is 19.3. The normalized spacial score (nSPS) is 11.3. The van der Waals surface area contributed by atoms with Crippen molar-refractivity contribution in [2.24, 2.45) is 0 Å². The van der Waals surface area contributed by atoms with Crippen molar-refractivity contribution in [2.45, 2.75) is 0 Å². The van der Waals surface area contributed by atoms with Crippen molar-refractivity contribution in [1.29, 1.82) is 0 Å². The Balaban J connectivity index is 3.36. The Hall–Kier alpha value is -1.30. The van der Waals surface area contributed by atoms with Gasteiger partial charge in [-0.2, -0.15) is 0 Å². The zero-order valence-corrected chi connectivity index (χ0v) is 8.57. The summed E-state index contributed by atoms with van der Waals surface area (Å²) in [6.45, 7) is 0. The number of benzene rings is 1. The second-order valence-corrected chi connectivity index (χ2v) is 5.77. The molecule has 14 heavy (non-hydrogen) atoms. The summed E-state index contributed by atoms with van der Waals surface area (Å²) in [7, 11) is 0. The summed E-state index contributed by atoms with van der Waals surface area (Å²) >= 11 is -5.30. The third-order valence-corrected chi connectivity index (χ3v) is 3.55. The van der Waals surface area contributed by atoms with Gasteiger partial charge >= 0.3 is 80.2 Å². The molecule has 7 nitrogen and oxygen atoms in total. The molecule has 0 aromatic heterocycles. The predicted octanol–water partition coefficient (Wildman–Crippen LogP) is -1.14. The van der Waals surface area contributed by atoms with Gasteiger partial charge in [0.2, 0.25) is 0 Å². The number of nitro groups is 1. The summed E-state index contributed by atoms with van der Waals surface area (Å²) in [5.41, 5.74) is -0.470. The number of phenols is 1. The molecule has 0 fully saturated rings. The number of phenolic OH excluding ortho intramolecular Hbond substituents is 1. The Morgan fingerprint density at radius 3 is 2.36 bits per heavy atom. The van der Waals surface area contributed by atoms with Gasteiger partial charge in [-0.25, -0.2) is 0 Å². The van der Waals surface area contributed by atoms with Crippen molar-refractivity contribution in [2.75, 3.05) is 0 Å². The molecule has 0 saturated heterocycles. The first-order valence-corrected chi connectivity index (χ1v) is 6.74. The fourth-order valence-corrected chi connectivity index (χ4v) is 2.27. The topological polar surface area (TPSA) is 121 Å². The molecule has 0 heterocycles. The quantitative estimate of drug-likeness (QED) is 0.352. The van der Waals surface area contributed by atoms with Crippen LogP contribution in [0.2, 0.25) is 0 Å². The molecule has 0 saturated carbocycles. The van der Waals surface area contributed by atoms with E-state index in [-0.39, 0.29) is 0 Å². The summed E-state index contributed by atoms with van der Waals surface area (Å²) in [4.78, 5) is 9.47. The molecule has 0 radical (unpaired) electrons. The fourth-order valence-electron chi connectivity index (χ4n) is 0.859. The van der Waals surface area contributed by atoms with E-state index in [1.165, 1.54) is 0 Å². The van der Waals surface area contributed by atoms with Crippen LogP contribution in [0.1, 0.15) is 0 Å². The molecule has 0 atom stereocenters. The molecule has 0 aliphatic rings. The van der Waals surface area contributed by atoms with Crippen LogP contribution in [0.5, 0.6) is 5.75 Å². The summed E-state index contributed by atoms with van der Waals surface area (Å²) < 4.78 is 27.6. The number of hydrogen-bond donors (Lipinski definition) is 3. The minimum atomic E-state index is -5.30. The first-order valence-electron chi connectivity index (χ1n) is 3.36. The zero-order valence-electron chi connectivity index (χ0n) is 6.69. The molecule has 1 rings (SSSR count). The molecule has 1 aromatic carbocycles. The maximum absolute atomic E-state index is 10.8. The molecule has 0 aliphatic carbocycles. The third kappa shape index (κ3) is 2.14. The van der Waals surface area contributed by atoms with Crippen LogP contribution in [0.4, 0.5) is 5.69 Å². The van der Waals surface area contributed by atoms with Gasteiger partial charge < -0.3 is 0 Å². The molecule has 0 bridgehead atoms. The van der Waals surface area contributed by atoms with Crippen LogP contribution in [0, 0.1) is 10.1 Å². The second kappa shape index (κ2) is 3.45. The van der Waals surface area contributed by atoms with E-state index in [4.69, 9.17) is 13.3 Å². The monoisotopic (exact) mass is 263 g/mol. The van der Waals surface area contributed by atoms with Crippen LogP contribution in [0.15, 0.2) is 18.2 Å². The standard InChI is InChI=1S/C6H6AsNO6/c9-6-2-1-4(8(13)14)3-5(6)7(10,11)12/h1-3,9H,(H2,10,11,12). The van der Waals surface area contributed by atoms with E-state index in [2.05, 4.69) is 0 Å². The van der Waals surface area contributed by atoms with Crippen LogP contribution in [-0.4, -0.2) is 32.4 Å². The van der Waals surface area contributed by atoms with Gasteiger partial charge in [0, 0.05) is 0 Å². The van der Waals surface area contributed by atoms with Crippen molar-refractivity contribution in [3.05, 3.63) is 28.3 Å². The van der Waals surface area contributed by atoms with Crippen LogP contribution >= 0.6 is 0 Å². The summed E-state index contributed by atoms with van der Waals surface area (Å²) in [6.07, 6.45) is 0. The van der Waals surface area contributed by atoms with Crippen LogP contribution < -0.4 is 4.35 Å². The minimum absolute atomic E-state index is 0.470. The van der Waals surface area contributed by atoms with E-state index in [0.29, 0.717) is 6.07 Å². The van der Waals surface area contributed by atoms with Crippen LogP contribution in [0.25, 0.3) is 0 Å². The van der Waals surface area contributed by atoms with E-state index in [1.807, 2.05) is 0 Å². The Morgan fingerprint density at radius 1 is 1.36 bits per heavy atom. The van der Waals surface area contributed by atoms with Crippen molar-refractivity contribution >= 4 is 24.2 Å². The van der Waals surface area contributed by atoms with Crippen molar-refractivity contribution in [3.63, 3.8) is 0 Å². The number of nitrogens with zero attached hydrogens (tertiary/aromatic N) is 1. The molecule has 8 heteroatoms. The van der Waals surface area contributed by atoms with Crippen LogP contribution in [-0.2, 0) is 3.74 Å². The number of hydrogen-bond acceptors (Lipinski definition) is 4. The van der Waals surface area contributed by atoms with Gasteiger partial charge in [-0.1, -0.05) is 0 Å². The summed E-state index contributed by atoms with van der Waals surface area (Å²) in [6, 6.07) is 2.52.